The van der Waals surface area contributed by atoms with Gasteiger partial charge in [0.1, 0.15) is 5.75 Å². The Morgan fingerprint density at radius 1 is 1.32 bits per heavy atom. The number of amides is 1. The number of aromatic nitrogens is 1. The highest BCUT2D eigenvalue weighted by Crippen LogP contribution is 2.27. The number of ether oxygens (including phenoxy) is 2. The number of nitrogens with one attached hydrogen (secondary N) is 1. The summed E-state index contributed by atoms with van der Waals surface area (Å²) in [4.78, 5) is 27.5. The Hall–Kier alpha value is -2.41. The van der Waals surface area contributed by atoms with Crippen LogP contribution in [0.2, 0.25) is 0 Å². The van der Waals surface area contributed by atoms with Crippen molar-refractivity contribution in [1.29, 1.82) is 0 Å². The third-order valence-corrected chi connectivity index (χ3v) is 4.31. The fourth-order valence-corrected chi connectivity index (χ4v) is 2.93. The van der Waals surface area contributed by atoms with E-state index < -0.39 is 0 Å². The third-order valence-electron chi connectivity index (χ3n) is 3.50. The summed E-state index contributed by atoms with van der Waals surface area (Å²) in [5, 5.41) is 4.82. The van der Waals surface area contributed by atoms with Crippen molar-refractivity contribution in [3.05, 3.63) is 40.4 Å². The van der Waals surface area contributed by atoms with Gasteiger partial charge >= 0.3 is 5.97 Å². The number of hydrogen-bond acceptors (Lipinski definition) is 6. The van der Waals surface area contributed by atoms with Crippen molar-refractivity contribution >= 4 is 28.3 Å². The normalized spacial score (nSPS) is 10.6. The van der Waals surface area contributed by atoms with Gasteiger partial charge in [-0.2, -0.15) is 0 Å². The lowest BCUT2D eigenvalue weighted by Crippen LogP contribution is -2.20. The van der Waals surface area contributed by atoms with E-state index in [9.17, 15) is 9.59 Å². The van der Waals surface area contributed by atoms with Crippen LogP contribution in [0.15, 0.2) is 23.6 Å². The Morgan fingerprint density at radius 2 is 2.08 bits per heavy atom. The zero-order chi connectivity index (χ0) is 18.4. The van der Waals surface area contributed by atoms with Gasteiger partial charge in [0.25, 0.3) is 5.91 Å². The van der Waals surface area contributed by atoms with E-state index in [0.29, 0.717) is 16.7 Å². The minimum atomic E-state index is -0.368. The summed E-state index contributed by atoms with van der Waals surface area (Å²) in [6, 6.07) is 5.98. The first kappa shape index (κ1) is 18.9. The number of carbonyl (C=O) groups excluding carboxylic acids is 2. The van der Waals surface area contributed by atoms with E-state index in [2.05, 4.69) is 28.9 Å². The Kier molecular flexibility index (Phi) is 6.52. The number of methoxy groups -OCH3 is 1. The average molecular weight is 362 g/mol. The smallest absolute Gasteiger partial charge is 0.311 e. The molecule has 0 fully saturated rings. The molecule has 1 aromatic heterocycles. The second kappa shape index (κ2) is 8.62. The highest BCUT2D eigenvalue weighted by molar-refractivity contribution is 7.13. The second-order valence-electron chi connectivity index (χ2n) is 5.93. The molecule has 0 saturated heterocycles. The molecule has 0 saturated carbocycles. The van der Waals surface area contributed by atoms with Crippen molar-refractivity contribution in [1.82, 2.24) is 4.98 Å². The summed E-state index contributed by atoms with van der Waals surface area (Å²) in [5.41, 5.74) is 2.70. The van der Waals surface area contributed by atoms with Crippen molar-refractivity contribution in [2.45, 2.75) is 33.1 Å². The summed E-state index contributed by atoms with van der Waals surface area (Å²) in [7, 11) is 1.32. The van der Waals surface area contributed by atoms with Gasteiger partial charge in [-0.25, -0.2) is 4.98 Å². The molecule has 0 bridgehead atoms. The molecule has 0 atom stereocenters. The standard InChI is InChI=1S/C18H22N2O4S/c1-11(2)14-6-5-12(3)7-15(14)24-9-16(21)20-18-19-13(10-25-18)8-17(22)23-4/h5-7,10-11H,8-9H2,1-4H3,(H,19,20,21). The predicted molar refractivity (Wildman–Crippen MR) is 97.2 cm³/mol. The van der Waals surface area contributed by atoms with Crippen molar-refractivity contribution < 1.29 is 19.1 Å². The number of rotatable bonds is 7. The lowest BCUT2D eigenvalue weighted by atomic mass is 10.0. The summed E-state index contributed by atoms with van der Waals surface area (Å²) >= 11 is 1.26. The minimum Gasteiger partial charge on any atom is -0.483 e. The third kappa shape index (κ3) is 5.56. The maximum Gasteiger partial charge on any atom is 0.311 e. The molecule has 0 unspecified atom stereocenters. The van der Waals surface area contributed by atoms with E-state index in [1.807, 2.05) is 25.1 Å². The minimum absolute atomic E-state index is 0.0837. The Bertz CT molecular complexity index is 755. The molecule has 134 valence electrons. The molecule has 1 aromatic carbocycles. The molecule has 25 heavy (non-hydrogen) atoms. The zero-order valence-corrected chi connectivity index (χ0v) is 15.6. The van der Waals surface area contributed by atoms with E-state index in [1.54, 1.807) is 5.38 Å². The number of thiazole rings is 1. The Labute approximate surface area is 151 Å². The summed E-state index contributed by atoms with van der Waals surface area (Å²) in [6.45, 7) is 6.04. The quantitative estimate of drug-likeness (QED) is 0.765. The number of hydrogen-bond donors (Lipinski definition) is 1. The molecule has 7 heteroatoms. The number of aryl methyl sites for hydroxylation is 1. The number of benzene rings is 1. The molecular weight excluding hydrogens is 340 g/mol. The number of nitrogens with zero attached hydrogens (tertiary/aromatic N) is 1. The van der Waals surface area contributed by atoms with Crippen LogP contribution in [0.4, 0.5) is 5.13 Å². The van der Waals surface area contributed by atoms with Gasteiger partial charge in [0.05, 0.1) is 19.2 Å². The van der Waals surface area contributed by atoms with Crippen molar-refractivity contribution in [3.8, 4) is 5.75 Å². The zero-order valence-electron chi connectivity index (χ0n) is 14.8. The molecule has 2 aromatic rings. The van der Waals surface area contributed by atoms with E-state index in [-0.39, 0.29) is 24.9 Å². The summed E-state index contributed by atoms with van der Waals surface area (Å²) in [5.74, 6) is 0.358. The molecule has 2 rings (SSSR count). The maximum atomic E-state index is 12.1. The fourth-order valence-electron chi connectivity index (χ4n) is 2.21. The molecule has 1 N–H and O–H groups in total. The van der Waals surface area contributed by atoms with E-state index >= 15 is 0 Å². The first-order valence-electron chi connectivity index (χ1n) is 7.93. The van der Waals surface area contributed by atoms with E-state index in [1.165, 1.54) is 18.4 Å². The van der Waals surface area contributed by atoms with E-state index in [0.717, 1.165) is 16.9 Å². The molecule has 1 amide bonds. The number of carbonyl (C=O) groups is 2. The average Bonchev–Trinajstić information content (AvgIpc) is 2.99. The summed E-state index contributed by atoms with van der Waals surface area (Å²) < 4.78 is 10.3. The van der Waals surface area contributed by atoms with Crippen LogP contribution in [-0.2, 0) is 20.7 Å². The first-order chi connectivity index (χ1) is 11.9. The monoisotopic (exact) mass is 362 g/mol. The van der Waals surface area contributed by atoms with E-state index in [4.69, 9.17) is 4.74 Å². The second-order valence-corrected chi connectivity index (χ2v) is 6.79. The van der Waals surface area contributed by atoms with Gasteiger partial charge in [-0.15, -0.1) is 11.3 Å². The topological polar surface area (TPSA) is 77.5 Å². The first-order valence-corrected chi connectivity index (χ1v) is 8.81. The van der Waals surface area contributed by atoms with Crippen LogP contribution < -0.4 is 10.1 Å². The molecule has 6 nitrogen and oxygen atoms in total. The lowest BCUT2D eigenvalue weighted by Gasteiger charge is -2.14. The largest absolute Gasteiger partial charge is 0.483 e. The maximum absolute atomic E-state index is 12.1. The van der Waals surface area contributed by atoms with Gasteiger partial charge in [0, 0.05) is 5.38 Å². The van der Waals surface area contributed by atoms with Gasteiger partial charge < -0.3 is 9.47 Å². The van der Waals surface area contributed by atoms with Crippen LogP contribution in [0.25, 0.3) is 0 Å². The lowest BCUT2D eigenvalue weighted by molar-refractivity contribution is -0.139. The molecule has 0 radical (unpaired) electrons. The predicted octanol–water partition coefficient (Wildman–Crippen LogP) is 3.31. The van der Waals surface area contributed by atoms with Crippen LogP contribution in [0.1, 0.15) is 36.6 Å². The van der Waals surface area contributed by atoms with Gasteiger partial charge in [-0.3, -0.25) is 14.9 Å². The highest BCUT2D eigenvalue weighted by Gasteiger charge is 2.12. The Morgan fingerprint density at radius 3 is 2.76 bits per heavy atom. The molecule has 0 aliphatic carbocycles. The SMILES string of the molecule is COC(=O)Cc1csc(NC(=O)COc2cc(C)ccc2C(C)C)n1. The van der Waals surface area contributed by atoms with Gasteiger partial charge in [0.15, 0.2) is 11.7 Å². The van der Waals surface area contributed by atoms with Crippen LogP contribution in [-0.4, -0.2) is 30.6 Å². The van der Waals surface area contributed by atoms with Crippen LogP contribution in [0.5, 0.6) is 5.75 Å². The van der Waals surface area contributed by atoms with Crippen LogP contribution in [0.3, 0.4) is 0 Å². The van der Waals surface area contributed by atoms with Gasteiger partial charge in [0.2, 0.25) is 0 Å². The highest BCUT2D eigenvalue weighted by atomic mass is 32.1. The fraction of sp³-hybridized carbons (Fsp3) is 0.389. The number of esters is 1. The van der Waals surface area contributed by atoms with Crippen LogP contribution >= 0.6 is 11.3 Å². The van der Waals surface area contributed by atoms with Gasteiger partial charge in [-0.1, -0.05) is 26.0 Å². The van der Waals surface area contributed by atoms with Crippen molar-refractivity contribution in [2.24, 2.45) is 0 Å². The number of anilines is 1. The van der Waals surface area contributed by atoms with Gasteiger partial charge in [-0.05, 0) is 30.0 Å². The summed E-state index contributed by atoms with van der Waals surface area (Å²) in [6.07, 6.45) is 0.0837. The molecule has 0 spiro atoms. The molecule has 0 aliphatic heterocycles. The van der Waals surface area contributed by atoms with Crippen molar-refractivity contribution in [2.75, 3.05) is 19.0 Å². The van der Waals surface area contributed by atoms with Crippen molar-refractivity contribution in [3.63, 3.8) is 0 Å². The van der Waals surface area contributed by atoms with Crippen LogP contribution in [0, 0.1) is 6.92 Å². The molecule has 0 aliphatic rings. The molecular formula is C18H22N2O4S. The molecule has 1 heterocycles. The Balaban J connectivity index is 1.93.